The minimum absolute atomic E-state index is 0.0764. The van der Waals surface area contributed by atoms with Crippen LogP contribution in [0.5, 0.6) is 0 Å². The summed E-state index contributed by atoms with van der Waals surface area (Å²) in [5.41, 5.74) is -1.12. The average molecular weight is 457 g/mol. The zero-order chi connectivity index (χ0) is 23.6. The van der Waals surface area contributed by atoms with Crippen LogP contribution in [0.25, 0.3) is 0 Å². The Morgan fingerprint density at radius 1 is 1.12 bits per heavy atom. The highest BCUT2D eigenvalue weighted by Gasteiger charge is 2.98. The van der Waals surface area contributed by atoms with Gasteiger partial charge in [-0.25, -0.2) is 4.89 Å². The van der Waals surface area contributed by atoms with Crippen LogP contribution in [0, 0.1) is 34.5 Å². The van der Waals surface area contributed by atoms with Crippen LogP contribution in [0.3, 0.4) is 0 Å². The Hall–Kier alpha value is -1.01. The first-order chi connectivity index (χ1) is 15.5. The summed E-state index contributed by atoms with van der Waals surface area (Å²) in [6.07, 6.45) is 11.4. The van der Waals surface area contributed by atoms with Crippen molar-refractivity contribution in [1.82, 2.24) is 0 Å². The molecule has 0 aromatic heterocycles. The lowest BCUT2D eigenvalue weighted by atomic mass is 9.45. The number of fused-ring (bicyclic) bond motifs is 4. The summed E-state index contributed by atoms with van der Waals surface area (Å²) in [5, 5.41) is 10.7. The molecule has 5 heteroatoms. The van der Waals surface area contributed by atoms with Crippen molar-refractivity contribution < 1.29 is 24.4 Å². The second kappa shape index (κ2) is 6.60. The van der Waals surface area contributed by atoms with Gasteiger partial charge in [0.25, 0.3) is 0 Å². The van der Waals surface area contributed by atoms with Crippen molar-refractivity contribution in [3.05, 3.63) is 23.8 Å². The highest BCUT2D eigenvalue weighted by atomic mass is 17.1. The van der Waals surface area contributed by atoms with E-state index in [4.69, 9.17) is 14.4 Å². The highest BCUT2D eigenvalue weighted by molar-refractivity contribution is 5.92. The molecule has 4 aliphatic carbocycles. The lowest BCUT2D eigenvalue weighted by Crippen LogP contribution is -2.69. The van der Waals surface area contributed by atoms with Crippen LogP contribution < -0.4 is 0 Å². The van der Waals surface area contributed by atoms with Crippen LogP contribution in [0.15, 0.2) is 23.8 Å². The van der Waals surface area contributed by atoms with Crippen LogP contribution in [0.2, 0.25) is 0 Å². The molecule has 6 rings (SSSR count). The standard InChI is InChI=1S/C28H40O5/c1-16(2)17(3)7-8-18(4)20-10-12-27(33-30)25(20,6)13-14-26-24(5)11-9-19(29)15-21(24)22-23(31-22)28(26,27)32-26/h7-8,15-18,20,22-23,30H,9-14H2,1-6H3/b8-7+/t17-,18+,20+,22+,23+,24-,25+,26-,27-,28+/m0/s1. The minimum atomic E-state index is -0.774. The first-order valence-corrected chi connectivity index (χ1v) is 13.1. The summed E-state index contributed by atoms with van der Waals surface area (Å²) >= 11 is 0. The van der Waals surface area contributed by atoms with Crippen LogP contribution in [-0.4, -0.2) is 40.1 Å². The van der Waals surface area contributed by atoms with Gasteiger partial charge in [0, 0.05) is 17.3 Å². The molecule has 0 bridgehead atoms. The maximum Gasteiger partial charge on any atom is 0.160 e. The smallest absolute Gasteiger partial charge is 0.160 e. The fourth-order valence-corrected chi connectivity index (χ4v) is 9.09. The second-order valence-corrected chi connectivity index (χ2v) is 12.9. The predicted molar refractivity (Wildman–Crippen MR) is 124 cm³/mol. The van der Waals surface area contributed by atoms with Gasteiger partial charge >= 0.3 is 0 Å². The van der Waals surface area contributed by atoms with Gasteiger partial charge in [-0.2, -0.15) is 0 Å². The van der Waals surface area contributed by atoms with Crippen molar-refractivity contribution in [1.29, 1.82) is 0 Å². The van der Waals surface area contributed by atoms with Gasteiger partial charge < -0.3 is 9.47 Å². The number of hydrogen-bond donors (Lipinski definition) is 1. The Labute approximate surface area is 197 Å². The number of ketones is 1. The van der Waals surface area contributed by atoms with Gasteiger partial charge in [-0.3, -0.25) is 10.1 Å². The Balaban J connectivity index is 1.39. The Kier molecular flexibility index (Phi) is 4.49. The van der Waals surface area contributed by atoms with Crippen LogP contribution in [0.4, 0.5) is 0 Å². The summed E-state index contributed by atoms with van der Waals surface area (Å²) in [5.74, 6) is 2.17. The Bertz CT molecular complexity index is 954. The van der Waals surface area contributed by atoms with Gasteiger partial charge in [0.15, 0.2) is 11.4 Å². The van der Waals surface area contributed by atoms with E-state index in [1.54, 1.807) is 0 Å². The van der Waals surface area contributed by atoms with Crippen molar-refractivity contribution >= 4 is 5.78 Å². The molecule has 33 heavy (non-hydrogen) atoms. The zero-order valence-corrected chi connectivity index (χ0v) is 21.0. The third kappa shape index (κ3) is 2.32. The topological polar surface area (TPSA) is 71.6 Å². The predicted octanol–water partition coefficient (Wildman–Crippen LogP) is 5.49. The molecule has 10 atom stereocenters. The number of rotatable bonds is 5. The molecule has 0 aromatic rings. The summed E-state index contributed by atoms with van der Waals surface area (Å²) in [7, 11) is 0. The molecular weight excluding hydrogens is 416 g/mol. The summed E-state index contributed by atoms with van der Waals surface area (Å²) in [6.45, 7) is 13.7. The fraction of sp³-hybridized carbons (Fsp3) is 0.821. The molecule has 3 saturated carbocycles. The van der Waals surface area contributed by atoms with E-state index in [2.05, 4.69) is 53.7 Å². The van der Waals surface area contributed by atoms with E-state index < -0.39 is 16.8 Å². The second-order valence-electron chi connectivity index (χ2n) is 12.9. The monoisotopic (exact) mass is 456 g/mol. The van der Waals surface area contributed by atoms with Gasteiger partial charge in [0.2, 0.25) is 0 Å². The summed E-state index contributed by atoms with van der Waals surface area (Å²) < 4.78 is 13.2. The number of carbonyl (C=O) groups excluding carboxylic acids is 1. The third-order valence-electron chi connectivity index (χ3n) is 11.5. The van der Waals surface area contributed by atoms with E-state index in [0.717, 1.165) is 37.7 Å². The van der Waals surface area contributed by atoms with Crippen molar-refractivity contribution in [2.45, 2.75) is 109 Å². The highest BCUT2D eigenvalue weighted by Crippen LogP contribution is 2.85. The number of epoxide rings is 2. The number of carbonyl (C=O) groups is 1. The molecule has 0 aromatic carbocycles. The van der Waals surface area contributed by atoms with Crippen molar-refractivity contribution in [3.8, 4) is 0 Å². The molecule has 2 saturated heterocycles. The number of ether oxygens (including phenoxy) is 2. The largest absolute Gasteiger partial charge is 0.361 e. The van der Waals surface area contributed by atoms with Gasteiger partial charge in [0.05, 0.1) is 0 Å². The number of hydrogen-bond acceptors (Lipinski definition) is 5. The lowest BCUT2D eigenvalue weighted by Gasteiger charge is -2.56. The third-order valence-corrected chi connectivity index (χ3v) is 11.5. The number of allylic oxidation sites excluding steroid dienone is 2. The molecule has 2 aliphatic heterocycles. The van der Waals surface area contributed by atoms with Gasteiger partial charge in [-0.15, -0.1) is 0 Å². The van der Waals surface area contributed by atoms with Crippen molar-refractivity contribution in [2.75, 3.05) is 0 Å². The molecule has 5 nitrogen and oxygen atoms in total. The molecular formula is C28H40O5. The molecule has 5 fully saturated rings. The normalized spacial score (nSPS) is 53.5. The SMILES string of the molecule is CC(C)[C@@H](C)/C=C/[C@@H](C)[C@H]1CC[C@@]2(OO)[C@]34O[C@@]3(CC[C@]12C)[C@@]1(C)CCC(=O)C=C1[C@H]1O[C@H]14. The lowest BCUT2D eigenvalue weighted by molar-refractivity contribution is -0.373. The van der Waals surface area contributed by atoms with Gasteiger partial charge in [-0.1, -0.05) is 53.7 Å². The summed E-state index contributed by atoms with van der Waals surface area (Å²) in [4.78, 5) is 18.0. The molecule has 0 unspecified atom stereocenters. The molecule has 1 N–H and O–H groups in total. The quantitative estimate of drug-likeness (QED) is 0.256. The Morgan fingerprint density at radius 2 is 1.88 bits per heavy atom. The first-order valence-electron chi connectivity index (χ1n) is 13.1. The molecule has 0 spiro atoms. The van der Waals surface area contributed by atoms with Gasteiger partial charge in [0.1, 0.15) is 23.4 Å². The van der Waals surface area contributed by atoms with E-state index in [-0.39, 0.29) is 28.8 Å². The van der Waals surface area contributed by atoms with E-state index in [1.165, 1.54) is 0 Å². The molecule has 182 valence electrons. The van der Waals surface area contributed by atoms with E-state index in [9.17, 15) is 10.1 Å². The van der Waals surface area contributed by atoms with Crippen molar-refractivity contribution in [2.24, 2.45) is 34.5 Å². The molecule has 0 amide bonds. The van der Waals surface area contributed by atoms with E-state index in [1.807, 2.05) is 6.08 Å². The van der Waals surface area contributed by atoms with Gasteiger partial charge in [-0.05, 0) is 67.4 Å². The van der Waals surface area contributed by atoms with E-state index >= 15 is 0 Å². The first kappa shape index (κ1) is 22.5. The average Bonchev–Trinajstić information content (AvgIpc) is 3.67. The summed E-state index contributed by atoms with van der Waals surface area (Å²) in [6, 6.07) is 0. The Morgan fingerprint density at radius 3 is 2.58 bits per heavy atom. The van der Waals surface area contributed by atoms with E-state index in [0.29, 0.717) is 30.1 Å². The van der Waals surface area contributed by atoms with Crippen LogP contribution in [0.1, 0.15) is 80.1 Å². The maximum absolute atomic E-state index is 12.3. The van der Waals surface area contributed by atoms with Crippen LogP contribution in [-0.2, 0) is 19.2 Å². The van der Waals surface area contributed by atoms with Crippen LogP contribution >= 0.6 is 0 Å². The zero-order valence-electron chi connectivity index (χ0n) is 21.0. The molecule has 0 radical (unpaired) electrons. The minimum Gasteiger partial charge on any atom is -0.361 e. The van der Waals surface area contributed by atoms with Crippen molar-refractivity contribution in [3.63, 3.8) is 0 Å². The molecule has 6 aliphatic rings. The fourth-order valence-electron chi connectivity index (χ4n) is 9.09. The molecule has 2 heterocycles. The maximum atomic E-state index is 12.3.